The summed E-state index contributed by atoms with van der Waals surface area (Å²) >= 11 is 0. The van der Waals surface area contributed by atoms with Crippen LogP contribution in [0.15, 0.2) is 18.2 Å². The summed E-state index contributed by atoms with van der Waals surface area (Å²) in [7, 11) is -3.48. The van der Waals surface area contributed by atoms with Gasteiger partial charge in [0.2, 0.25) is 10.0 Å². The third-order valence-corrected chi connectivity index (χ3v) is 4.65. The number of anilines is 2. The molecule has 2 rings (SSSR count). The van der Waals surface area contributed by atoms with Crippen LogP contribution in [0.5, 0.6) is 0 Å². The number of rotatable bonds is 5. The van der Waals surface area contributed by atoms with Gasteiger partial charge in [0.1, 0.15) is 5.82 Å². The van der Waals surface area contributed by atoms with Crippen molar-refractivity contribution in [1.82, 2.24) is 0 Å². The van der Waals surface area contributed by atoms with Gasteiger partial charge in [0.05, 0.1) is 11.9 Å². The lowest BCUT2D eigenvalue weighted by Gasteiger charge is -2.29. The van der Waals surface area contributed by atoms with E-state index in [4.69, 9.17) is 0 Å². The molecule has 0 unspecified atom stereocenters. The maximum atomic E-state index is 13.6. The predicted octanol–water partition coefficient (Wildman–Crippen LogP) is 3.58. The molecule has 0 aromatic heterocycles. The summed E-state index contributed by atoms with van der Waals surface area (Å²) in [5.41, 5.74) is 0.743. The summed E-state index contributed by atoms with van der Waals surface area (Å²) in [5.74, 6) is 0.249. The minimum Gasteiger partial charge on any atom is -0.382 e. The van der Waals surface area contributed by atoms with Gasteiger partial charge < -0.3 is 5.32 Å². The summed E-state index contributed by atoms with van der Waals surface area (Å²) in [6.45, 7) is 2.22. The summed E-state index contributed by atoms with van der Waals surface area (Å²) in [6.07, 6.45) is 6.87. The second-order valence-corrected chi connectivity index (χ2v) is 7.59. The highest BCUT2D eigenvalue weighted by molar-refractivity contribution is 7.92. The lowest BCUT2D eigenvalue weighted by molar-refractivity contribution is 0.330. The summed E-state index contributed by atoms with van der Waals surface area (Å²) < 4.78 is 38.3. The van der Waals surface area contributed by atoms with Gasteiger partial charge >= 0.3 is 0 Å². The van der Waals surface area contributed by atoms with E-state index in [-0.39, 0.29) is 5.69 Å². The fraction of sp³-hybridized carbons (Fsp3) is 0.600. The minimum absolute atomic E-state index is 0.00950. The first-order valence-corrected chi connectivity index (χ1v) is 9.30. The molecule has 21 heavy (non-hydrogen) atoms. The van der Waals surface area contributed by atoms with Crippen molar-refractivity contribution >= 4 is 21.4 Å². The molecule has 4 nitrogen and oxygen atoms in total. The van der Waals surface area contributed by atoms with Crippen molar-refractivity contribution in [3.05, 3.63) is 24.0 Å². The van der Waals surface area contributed by atoms with Crippen LogP contribution in [-0.2, 0) is 10.0 Å². The molecule has 1 aromatic rings. The highest BCUT2D eigenvalue weighted by atomic mass is 32.2. The average molecular weight is 314 g/mol. The molecule has 0 radical (unpaired) electrons. The lowest BCUT2D eigenvalue weighted by Crippen LogP contribution is -2.26. The summed E-state index contributed by atoms with van der Waals surface area (Å²) in [6, 6.07) is 4.83. The van der Waals surface area contributed by atoms with Crippen LogP contribution < -0.4 is 10.0 Å². The molecule has 1 aromatic carbocycles. The lowest BCUT2D eigenvalue weighted by atomic mass is 9.84. The molecule has 0 bridgehead atoms. The molecule has 6 heteroatoms. The van der Waals surface area contributed by atoms with Gasteiger partial charge in [-0.2, -0.15) is 0 Å². The fourth-order valence-electron chi connectivity index (χ4n) is 2.84. The van der Waals surface area contributed by atoms with Gasteiger partial charge in [-0.25, -0.2) is 12.8 Å². The predicted molar refractivity (Wildman–Crippen MR) is 84.5 cm³/mol. The Bertz CT molecular complexity index is 581. The standard InChI is InChI=1S/C15H23FN2O2S/c1-3-11-4-6-12(7-5-11)17-13-8-9-14(16)15(10-13)18-21(2,19)20/h8-12,17-18H,3-7H2,1-2H3. The molecule has 1 fully saturated rings. The Morgan fingerprint density at radius 3 is 2.48 bits per heavy atom. The number of nitrogens with one attached hydrogen (secondary N) is 2. The van der Waals surface area contributed by atoms with E-state index in [1.165, 1.54) is 31.4 Å². The molecule has 0 heterocycles. The molecule has 0 saturated heterocycles. The molecule has 0 aliphatic heterocycles. The SMILES string of the molecule is CCC1CCC(Nc2ccc(F)c(NS(C)(=O)=O)c2)CC1. The quantitative estimate of drug-likeness (QED) is 0.873. The van der Waals surface area contributed by atoms with Gasteiger partial charge in [0.25, 0.3) is 0 Å². The van der Waals surface area contributed by atoms with Crippen LogP contribution >= 0.6 is 0 Å². The van der Waals surface area contributed by atoms with Crippen molar-refractivity contribution in [2.75, 3.05) is 16.3 Å². The van der Waals surface area contributed by atoms with Crippen molar-refractivity contribution in [2.24, 2.45) is 5.92 Å². The third-order valence-electron chi connectivity index (χ3n) is 4.06. The largest absolute Gasteiger partial charge is 0.382 e. The van der Waals surface area contributed by atoms with E-state index in [0.717, 1.165) is 30.7 Å². The molecule has 2 N–H and O–H groups in total. The maximum absolute atomic E-state index is 13.6. The van der Waals surface area contributed by atoms with E-state index in [2.05, 4.69) is 17.0 Å². The van der Waals surface area contributed by atoms with Gasteiger partial charge in [-0.05, 0) is 49.8 Å². The molecular weight excluding hydrogens is 291 g/mol. The Morgan fingerprint density at radius 1 is 1.24 bits per heavy atom. The Balaban J connectivity index is 2.03. The zero-order valence-electron chi connectivity index (χ0n) is 12.5. The number of hydrogen-bond donors (Lipinski definition) is 2. The summed E-state index contributed by atoms with van der Waals surface area (Å²) in [5, 5.41) is 3.38. The van der Waals surface area contributed by atoms with Gasteiger partial charge in [0.15, 0.2) is 0 Å². The van der Waals surface area contributed by atoms with Crippen LogP contribution in [0.3, 0.4) is 0 Å². The molecule has 1 saturated carbocycles. The molecule has 1 aliphatic rings. The van der Waals surface area contributed by atoms with Crippen LogP contribution in [0.4, 0.5) is 15.8 Å². The highest BCUT2D eigenvalue weighted by Gasteiger charge is 2.20. The Hall–Kier alpha value is -1.30. The van der Waals surface area contributed by atoms with Crippen molar-refractivity contribution in [3.63, 3.8) is 0 Å². The molecule has 118 valence electrons. The van der Waals surface area contributed by atoms with E-state index in [0.29, 0.717) is 6.04 Å². The number of halogens is 1. The Labute approximate surface area is 126 Å². The van der Waals surface area contributed by atoms with Crippen LogP contribution in [0.25, 0.3) is 0 Å². The topological polar surface area (TPSA) is 58.2 Å². The maximum Gasteiger partial charge on any atom is 0.229 e. The zero-order chi connectivity index (χ0) is 15.5. The number of benzene rings is 1. The van der Waals surface area contributed by atoms with Crippen LogP contribution in [-0.4, -0.2) is 20.7 Å². The van der Waals surface area contributed by atoms with E-state index >= 15 is 0 Å². The minimum atomic E-state index is -3.48. The van der Waals surface area contributed by atoms with E-state index in [1.807, 2.05) is 0 Å². The van der Waals surface area contributed by atoms with Crippen LogP contribution in [0.2, 0.25) is 0 Å². The first-order chi connectivity index (χ1) is 9.87. The average Bonchev–Trinajstić information content (AvgIpc) is 2.42. The van der Waals surface area contributed by atoms with Gasteiger partial charge in [-0.3, -0.25) is 4.72 Å². The van der Waals surface area contributed by atoms with Crippen molar-refractivity contribution in [1.29, 1.82) is 0 Å². The van der Waals surface area contributed by atoms with E-state index in [9.17, 15) is 12.8 Å². The van der Waals surface area contributed by atoms with E-state index < -0.39 is 15.8 Å². The molecule has 0 atom stereocenters. The first kappa shape index (κ1) is 16.1. The normalized spacial score (nSPS) is 22.8. The fourth-order valence-corrected chi connectivity index (χ4v) is 3.40. The Morgan fingerprint density at radius 2 is 1.90 bits per heavy atom. The van der Waals surface area contributed by atoms with Gasteiger partial charge in [-0.15, -0.1) is 0 Å². The Kier molecular flexibility index (Phi) is 5.08. The smallest absolute Gasteiger partial charge is 0.229 e. The number of sulfonamides is 1. The second kappa shape index (κ2) is 6.64. The third kappa shape index (κ3) is 4.88. The molecule has 0 spiro atoms. The van der Waals surface area contributed by atoms with Gasteiger partial charge in [-0.1, -0.05) is 13.3 Å². The van der Waals surface area contributed by atoms with E-state index in [1.54, 1.807) is 6.07 Å². The van der Waals surface area contributed by atoms with Crippen molar-refractivity contribution < 1.29 is 12.8 Å². The van der Waals surface area contributed by atoms with Gasteiger partial charge in [0, 0.05) is 11.7 Å². The molecule has 1 aliphatic carbocycles. The van der Waals surface area contributed by atoms with Crippen molar-refractivity contribution in [3.8, 4) is 0 Å². The van der Waals surface area contributed by atoms with Crippen molar-refractivity contribution in [2.45, 2.75) is 45.1 Å². The zero-order valence-corrected chi connectivity index (χ0v) is 13.3. The summed E-state index contributed by atoms with van der Waals surface area (Å²) in [4.78, 5) is 0. The second-order valence-electron chi connectivity index (χ2n) is 5.84. The molecule has 0 amide bonds. The molecular formula is C15H23FN2O2S. The van der Waals surface area contributed by atoms with Crippen LogP contribution in [0, 0.1) is 11.7 Å². The number of hydrogen-bond acceptors (Lipinski definition) is 3. The van der Waals surface area contributed by atoms with Crippen LogP contribution in [0.1, 0.15) is 39.0 Å². The first-order valence-electron chi connectivity index (χ1n) is 7.41. The highest BCUT2D eigenvalue weighted by Crippen LogP contribution is 2.29. The monoisotopic (exact) mass is 314 g/mol.